The first-order chi connectivity index (χ1) is 11.1. The standard InChI is InChI=1S/C18H21N3O2/c1-3-13-11-16(14-7-4-5-8-15(14)19-13)20-18(23)17-9-6-10-21(17)12(2)22/h4-5,7-8,11,17H,3,6,9-10H2,1-2H3,(H,19,20,23)/t17-/m0/s1. The zero-order chi connectivity index (χ0) is 16.4. The minimum absolute atomic E-state index is 0.0449. The van der Waals surface area contributed by atoms with Crippen LogP contribution in [0.4, 0.5) is 5.69 Å². The zero-order valence-electron chi connectivity index (χ0n) is 13.5. The molecule has 1 aromatic heterocycles. The number of amides is 2. The maximum Gasteiger partial charge on any atom is 0.247 e. The topological polar surface area (TPSA) is 62.3 Å². The zero-order valence-corrected chi connectivity index (χ0v) is 13.5. The Kier molecular flexibility index (Phi) is 4.28. The summed E-state index contributed by atoms with van der Waals surface area (Å²) in [7, 11) is 0. The summed E-state index contributed by atoms with van der Waals surface area (Å²) in [5.41, 5.74) is 2.58. The average molecular weight is 311 g/mol. The Labute approximate surface area is 135 Å². The van der Waals surface area contributed by atoms with Crippen LogP contribution in [0.2, 0.25) is 0 Å². The number of carbonyl (C=O) groups is 2. The third kappa shape index (κ3) is 3.04. The Hall–Kier alpha value is -2.43. The second kappa shape index (κ2) is 6.36. The van der Waals surface area contributed by atoms with Crippen LogP contribution in [0, 0.1) is 0 Å². The van der Waals surface area contributed by atoms with E-state index in [1.54, 1.807) is 4.90 Å². The van der Waals surface area contributed by atoms with Gasteiger partial charge in [0.15, 0.2) is 0 Å². The number of hydrogen-bond acceptors (Lipinski definition) is 3. The third-order valence-electron chi connectivity index (χ3n) is 4.35. The fourth-order valence-electron chi connectivity index (χ4n) is 3.15. The van der Waals surface area contributed by atoms with Crippen molar-refractivity contribution < 1.29 is 9.59 Å². The molecule has 3 rings (SSSR count). The first kappa shape index (κ1) is 15.5. The van der Waals surface area contributed by atoms with E-state index in [0.717, 1.165) is 41.5 Å². The lowest BCUT2D eigenvalue weighted by Crippen LogP contribution is -2.42. The van der Waals surface area contributed by atoms with Crippen LogP contribution in [-0.2, 0) is 16.0 Å². The molecule has 1 fully saturated rings. The molecule has 120 valence electrons. The number of likely N-dealkylation sites (tertiary alicyclic amines) is 1. The van der Waals surface area contributed by atoms with Crippen molar-refractivity contribution >= 4 is 28.4 Å². The summed E-state index contributed by atoms with van der Waals surface area (Å²) in [4.78, 5) is 30.5. The molecule has 2 aromatic rings. The largest absolute Gasteiger partial charge is 0.331 e. The van der Waals surface area contributed by atoms with E-state index >= 15 is 0 Å². The van der Waals surface area contributed by atoms with Crippen molar-refractivity contribution in [2.75, 3.05) is 11.9 Å². The number of benzene rings is 1. The van der Waals surface area contributed by atoms with Gasteiger partial charge < -0.3 is 10.2 Å². The Bertz CT molecular complexity index is 757. The van der Waals surface area contributed by atoms with Gasteiger partial charge in [0.25, 0.3) is 0 Å². The van der Waals surface area contributed by atoms with Gasteiger partial charge in [-0.05, 0) is 31.4 Å². The van der Waals surface area contributed by atoms with Crippen molar-refractivity contribution in [3.05, 3.63) is 36.0 Å². The van der Waals surface area contributed by atoms with E-state index in [4.69, 9.17) is 0 Å². The highest BCUT2D eigenvalue weighted by Gasteiger charge is 2.32. The number of nitrogens with one attached hydrogen (secondary N) is 1. The maximum atomic E-state index is 12.6. The van der Waals surface area contributed by atoms with Crippen LogP contribution in [0.15, 0.2) is 30.3 Å². The van der Waals surface area contributed by atoms with E-state index in [9.17, 15) is 9.59 Å². The number of hydrogen-bond donors (Lipinski definition) is 1. The Morgan fingerprint density at radius 2 is 2.13 bits per heavy atom. The molecule has 1 atom stereocenters. The van der Waals surface area contributed by atoms with Crippen molar-refractivity contribution in [2.24, 2.45) is 0 Å². The molecule has 0 radical (unpaired) electrons. The van der Waals surface area contributed by atoms with Gasteiger partial charge in [0.1, 0.15) is 6.04 Å². The SMILES string of the molecule is CCc1cc(NC(=O)[C@@H]2CCCN2C(C)=O)c2ccccc2n1. The van der Waals surface area contributed by atoms with Crippen molar-refractivity contribution in [3.8, 4) is 0 Å². The molecule has 5 nitrogen and oxygen atoms in total. The normalized spacial score (nSPS) is 17.5. The fraction of sp³-hybridized carbons (Fsp3) is 0.389. The summed E-state index contributed by atoms with van der Waals surface area (Å²) in [5, 5.41) is 3.94. The number of rotatable bonds is 3. The van der Waals surface area contributed by atoms with E-state index in [-0.39, 0.29) is 17.9 Å². The van der Waals surface area contributed by atoms with Crippen LogP contribution in [0.3, 0.4) is 0 Å². The van der Waals surface area contributed by atoms with Crippen LogP contribution >= 0.6 is 0 Å². The fourth-order valence-corrected chi connectivity index (χ4v) is 3.15. The van der Waals surface area contributed by atoms with E-state index < -0.39 is 0 Å². The van der Waals surface area contributed by atoms with Gasteiger partial charge in [0, 0.05) is 24.5 Å². The van der Waals surface area contributed by atoms with Crippen LogP contribution in [-0.4, -0.2) is 34.3 Å². The predicted molar refractivity (Wildman–Crippen MR) is 90.2 cm³/mol. The van der Waals surface area contributed by atoms with Crippen molar-refractivity contribution in [1.82, 2.24) is 9.88 Å². The number of nitrogens with zero attached hydrogens (tertiary/aromatic N) is 2. The van der Waals surface area contributed by atoms with Crippen LogP contribution in [0.25, 0.3) is 10.9 Å². The molecule has 0 saturated carbocycles. The quantitative estimate of drug-likeness (QED) is 0.948. The predicted octanol–water partition coefficient (Wildman–Crippen LogP) is 2.75. The minimum atomic E-state index is -0.371. The molecule has 0 unspecified atom stereocenters. The summed E-state index contributed by atoms with van der Waals surface area (Å²) >= 11 is 0. The highest BCUT2D eigenvalue weighted by molar-refractivity contribution is 6.04. The van der Waals surface area contributed by atoms with Crippen LogP contribution in [0.5, 0.6) is 0 Å². The molecule has 1 saturated heterocycles. The number of carbonyl (C=O) groups excluding carboxylic acids is 2. The first-order valence-corrected chi connectivity index (χ1v) is 8.07. The second-order valence-electron chi connectivity index (χ2n) is 5.89. The van der Waals surface area contributed by atoms with Crippen molar-refractivity contribution in [2.45, 2.75) is 39.2 Å². The minimum Gasteiger partial charge on any atom is -0.331 e. The lowest BCUT2D eigenvalue weighted by Gasteiger charge is -2.22. The lowest BCUT2D eigenvalue weighted by atomic mass is 10.1. The van der Waals surface area contributed by atoms with Gasteiger partial charge in [-0.2, -0.15) is 0 Å². The summed E-state index contributed by atoms with van der Waals surface area (Å²) < 4.78 is 0. The number of aryl methyl sites for hydroxylation is 1. The number of anilines is 1. The molecule has 5 heteroatoms. The van der Waals surface area contributed by atoms with Gasteiger partial charge in [-0.15, -0.1) is 0 Å². The number of para-hydroxylation sites is 1. The summed E-state index contributed by atoms with van der Waals surface area (Å²) in [6, 6.07) is 9.32. The lowest BCUT2D eigenvalue weighted by molar-refractivity contribution is -0.134. The molecular formula is C18H21N3O2. The molecular weight excluding hydrogens is 290 g/mol. The molecule has 1 aromatic carbocycles. The van der Waals surface area contributed by atoms with Crippen molar-refractivity contribution in [1.29, 1.82) is 0 Å². The van der Waals surface area contributed by atoms with Crippen LogP contribution < -0.4 is 5.32 Å². The van der Waals surface area contributed by atoms with Gasteiger partial charge in [-0.3, -0.25) is 14.6 Å². The summed E-state index contributed by atoms with van der Waals surface area (Å²) in [5.74, 6) is -0.160. The first-order valence-electron chi connectivity index (χ1n) is 8.07. The molecule has 2 heterocycles. The Morgan fingerprint density at radius 3 is 2.87 bits per heavy atom. The average Bonchev–Trinajstić information content (AvgIpc) is 3.04. The number of fused-ring (bicyclic) bond motifs is 1. The van der Waals surface area contributed by atoms with Gasteiger partial charge in [-0.1, -0.05) is 25.1 Å². The van der Waals surface area contributed by atoms with E-state index in [2.05, 4.69) is 10.3 Å². The molecule has 2 amide bonds. The summed E-state index contributed by atoms with van der Waals surface area (Å²) in [6.07, 6.45) is 2.39. The highest BCUT2D eigenvalue weighted by atomic mass is 16.2. The molecule has 0 spiro atoms. The Morgan fingerprint density at radius 1 is 1.35 bits per heavy atom. The number of pyridine rings is 1. The molecule has 1 aliphatic rings. The second-order valence-corrected chi connectivity index (χ2v) is 5.89. The summed E-state index contributed by atoms with van der Waals surface area (Å²) in [6.45, 7) is 4.21. The monoisotopic (exact) mass is 311 g/mol. The van der Waals surface area contributed by atoms with Crippen LogP contribution in [0.1, 0.15) is 32.4 Å². The molecule has 0 aliphatic carbocycles. The van der Waals surface area contributed by atoms with Gasteiger partial charge in [0.2, 0.25) is 11.8 Å². The van der Waals surface area contributed by atoms with Crippen molar-refractivity contribution in [3.63, 3.8) is 0 Å². The maximum absolute atomic E-state index is 12.6. The van der Waals surface area contributed by atoms with Gasteiger partial charge in [0.05, 0.1) is 11.2 Å². The van der Waals surface area contributed by atoms with Gasteiger partial charge >= 0.3 is 0 Å². The van der Waals surface area contributed by atoms with E-state index in [0.29, 0.717) is 6.54 Å². The van der Waals surface area contributed by atoms with E-state index in [1.165, 1.54) is 6.92 Å². The Balaban J connectivity index is 1.91. The number of aromatic nitrogens is 1. The highest BCUT2D eigenvalue weighted by Crippen LogP contribution is 2.25. The third-order valence-corrected chi connectivity index (χ3v) is 4.35. The smallest absolute Gasteiger partial charge is 0.247 e. The molecule has 0 bridgehead atoms. The van der Waals surface area contributed by atoms with Gasteiger partial charge in [-0.25, -0.2) is 0 Å². The van der Waals surface area contributed by atoms with E-state index in [1.807, 2.05) is 37.3 Å². The molecule has 23 heavy (non-hydrogen) atoms. The molecule has 1 N–H and O–H groups in total. The molecule has 1 aliphatic heterocycles.